The second kappa shape index (κ2) is 7.74. The number of halogens is 1. The Morgan fingerprint density at radius 2 is 1.67 bits per heavy atom. The molecule has 4 aromatic rings. The SMILES string of the molecule is CCn1c(=O)c2c(ncn2Cc2ccc(F)cc2)n(-c2ccc(C(C)C)cc2)c1=O. The van der Waals surface area contributed by atoms with Gasteiger partial charge in [0.2, 0.25) is 0 Å². The Hall–Kier alpha value is -3.48. The minimum Gasteiger partial charge on any atom is -0.320 e. The summed E-state index contributed by atoms with van der Waals surface area (Å²) in [6.07, 6.45) is 1.55. The van der Waals surface area contributed by atoms with Gasteiger partial charge in [0.05, 0.1) is 12.0 Å². The standard InChI is InChI=1S/C23H23FN4O2/c1-4-27-22(29)20-21(25-14-26(20)13-16-5-9-18(24)10-6-16)28(23(27)30)19-11-7-17(8-12-19)15(2)3/h5-12,14-15H,4,13H2,1-3H3. The van der Waals surface area contributed by atoms with E-state index in [9.17, 15) is 14.0 Å². The summed E-state index contributed by atoms with van der Waals surface area (Å²) >= 11 is 0. The van der Waals surface area contributed by atoms with Gasteiger partial charge in [0, 0.05) is 13.1 Å². The first-order valence-corrected chi connectivity index (χ1v) is 9.96. The van der Waals surface area contributed by atoms with Gasteiger partial charge in [-0.1, -0.05) is 38.1 Å². The van der Waals surface area contributed by atoms with Crippen molar-refractivity contribution in [2.75, 3.05) is 0 Å². The van der Waals surface area contributed by atoms with Crippen LogP contribution in [0.25, 0.3) is 16.9 Å². The number of rotatable bonds is 5. The first-order valence-electron chi connectivity index (χ1n) is 9.96. The van der Waals surface area contributed by atoms with E-state index in [4.69, 9.17) is 0 Å². The van der Waals surface area contributed by atoms with E-state index in [-0.39, 0.29) is 17.9 Å². The van der Waals surface area contributed by atoms with E-state index >= 15 is 0 Å². The molecule has 2 aromatic heterocycles. The summed E-state index contributed by atoms with van der Waals surface area (Å²) in [5, 5.41) is 0. The van der Waals surface area contributed by atoms with E-state index < -0.39 is 5.69 Å². The van der Waals surface area contributed by atoms with Crippen LogP contribution in [0.4, 0.5) is 4.39 Å². The highest BCUT2D eigenvalue weighted by Gasteiger charge is 2.18. The van der Waals surface area contributed by atoms with Crippen molar-refractivity contribution >= 4 is 11.2 Å². The molecular weight excluding hydrogens is 383 g/mol. The molecule has 0 aliphatic carbocycles. The van der Waals surface area contributed by atoms with Gasteiger partial charge < -0.3 is 4.57 Å². The summed E-state index contributed by atoms with van der Waals surface area (Å²) in [6, 6.07) is 13.8. The molecule has 7 heteroatoms. The fourth-order valence-corrected chi connectivity index (χ4v) is 3.61. The topological polar surface area (TPSA) is 61.8 Å². The zero-order chi connectivity index (χ0) is 21.4. The molecule has 0 saturated carbocycles. The van der Waals surface area contributed by atoms with Crippen molar-refractivity contribution in [1.82, 2.24) is 18.7 Å². The molecule has 0 atom stereocenters. The van der Waals surface area contributed by atoms with Gasteiger partial charge in [-0.2, -0.15) is 0 Å². The fraction of sp³-hybridized carbons (Fsp3) is 0.261. The third-order valence-corrected chi connectivity index (χ3v) is 5.30. The molecule has 2 heterocycles. The second-order valence-corrected chi connectivity index (χ2v) is 7.58. The van der Waals surface area contributed by atoms with Crippen molar-refractivity contribution in [2.45, 2.75) is 39.8 Å². The number of imidazole rings is 1. The fourth-order valence-electron chi connectivity index (χ4n) is 3.61. The summed E-state index contributed by atoms with van der Waals surface area (Å²) in [6.45, 7) is 6.57. The van der Waals surface area contributed by atoms with Crippen LogP contribution in [-0.2, 0) is 13.1 Å². The molecule has 30 heavy (non-hydrogen) atoms. The van der Waals surface area contributed by atoms with E-state index in [1.807, 2.05) is 24.3 Å². The van der Waals surface area contributed by atoms with Crippen molar-refractivity contribution in [3.05, 3.63) is 92.6 Å². The molecule has 0 unspecified atom stereocenters. The number of aromatic nitrogens is 4. The van der Waals surface area contributed by atoms with Crippen LogP contribution >= 0.6 is 0 Å². The third kappa shape index (κ3) is 3.36. The van der Waals surface area contributed by atoms with Gasteiger partial charge in [-0.25, -0.2) is 18.7 Å². The van der Waals surface area contributed by atoms with E-state index in [0.717, 1.165) is 11.1 Å². The highest BCUT2D eigenvalue weighted by molar-refractivity contribution is 5.72. The summed E-state index contributed by atoms with van der Waals surface area (Å²) < 4.78 is 17.6. The van der Waals surface area contributed by atoms with Crippen molar-refractivity contribution in [3.63, 3.8) is 0 Å². The Morgan fingerprint density at radius 1 is 1.00 bits per heavy atom. The molecule has 0 aliphatic heterocycles. The lowest BCUT2D eigenvalue weighted by Gasteiger charge is -2.13. The molecule has 0 radical (unpaired) electrons. The molecule has 0 spiro atoms. The van der Waals surface area contributed by atoms with Gasteiger partial charge in [0.1, 0.15) is 5.82 Å². The Labute approximate surface area is 172 Å². The number of hydrogen-bond acceptors (Lipinski definition) is 3. The highest BCUT2D eigenvalue weighted by atomic mass is 19.1. The predicted octanol–water partition coefficient (Wildman–Crippen LogP) is 3.68. The quantitative estimate of drug-likeness (QED) is 0.508. The summed E-state index contributed by atoms with van der Waals surface area (Å²) in [5.74, 6) is 0.0524. The first-order chi connectivity index (χ1) is 14.4. The number of benzene rings is 2. The van der Waals surface area contributed by atoms with Gasteiger partial charge in [-0.05, 0) is 48.2 Å². The molecule has 0 bridgehead atoms. The molecule has 0 N–H and O–H groups in total. The maximum absolute atomic E-state index is 13.2. The van der Waals surface area contributed by atoms with Crippen LogP contribution in [0.2, 0.25) is 0 Å². The molecule has 154 valence electrons. The predicted molar refractivity (Wildman–Crippen MR) is 115 cm³/mol. The van der Waals surface area contributed by atoms with Crippen molar-refractivity contribution in [1.29, 1.82) is 0 Å². The smallest absolute Gasteiger partial charge is 0.320 e. The van der Waals surface area contributed by atoms with Gasteiger partial charge in [-0.3, -0.25) is 9.36 Å². The van der Waals surface area contributed by atoms with Crippen LogP contribution in [0.15, 0.2) is 64.4 Å². The lowest BCUT2D eigenvalue weighted by Crippen LogP contribution is -2.39. The Kier molecular flexibility index (Phi) is 5.11. The highest BCUT2D eigenvalue weighted by Crippen LogP contribution is 2.19. The lowest BCUT2D eigenvalue weighted by atomic mass is 10.0. The van der Waals surface area contributed by atoms with Crippen LogP contribution in [0, 0.1) is 5.82 Å². The Bertz CT molecular complexity index is 1310. The summed E-state index contributed by atoms with van der Waals surface area (Å²) in [5.41, 5.74) is 2.50. The third-order valence-electron chi connectivity index (χ3n) is 5.30. The number of hydrogen-bond donors (Lipinski definition) is 0. The maximum Gasteiger partial charge on any atom is 0.337 e. The monoisotopic (exact) mass is 406 g/mol. The molecular formula is C23H23FN4O2. The van der Waals surface area contributed by atoms with Crippen molar-refractivity contribution in [2.24, 2.45) is 0 Å². The minimum atomic E-state index is -0.417. The Balaban J connectivity index is 1.92. The molecule has 0 saturated heterocycles. The lowest BCUT2D eigenvalue weighted by molar-refractivity contribution is 0.626. The number of fused-ring (bicyclic) bond motifs is 1. The van der Waals surface area contributed by atoms with Crippen LogP contribution < -0.4 is 11.2 Å². The summed E-state index contributed by atoms with van der Waals surface area (Å²) in [7, 11) is 0. The normalized spacial score (nSPS) is 11.5. The second-order valence-electron chi connectivity index (χ2n) is 7.58. The minimum absolute atomic E-state index is 0.249. The van der Waals surface area contributed by atoms with E-state index in [2.05, 4.69) is 18.8 Å². The average molecular weight is 406 g/mol. The number of nitrogens with zero attached hydrogens (tertiary/aromatic N) is 4. The molecule has 0 amide bonds. The van der Waals surface area contributed by atoms with Gasteiger partial charge >= 0.3 is 5.69 Å². The van der Waals surface area contributed by atoms with Gasteiger partial charge in [-0.15, -0.1) is 0 Å². The van der Waals surface area contributed by atoms with Gasteiger partial charge in [0.25, 0.3) is 5.56 Å². The van der Waals surface area contributed by atoms with E-state index in [1.54, 1.807) is 30.0 Å². The van der Waals surface area contributed by atoms with Crippen LogP contribution in [0.1, 0.15) is 37.8 Å². The van der Waals surface area contributed by atoms with Crippen LogP contribution in [-0.4, -0.2) is 18.7 Å². The van der Waals surface area contributed by atoms with Crippen LogP contribution in [0.3, 0.4) is 0 Å². The zero-order valence-corrected chi connectivity index (χ0v) is 17.2. The molecule has 4 rings (SSSR count). The maximum atomic E-state index is 13.2. The molecule has 6 nitrogen and oxygen atoms in total. The van der Waals surface area contributed by atoms with E-state index in [1.165, 1.54) is 21.3 Å². The zero-order valence-electron chi connectivity index (χ0n) is 17.2. The van der Waals surface area contributed by atoms with Gasteiger partial charge in [0.15, 0.2) is 11.2 Å². The average Bonchev–Trinajstić information content (AvgIpc) is 3.14. The Morgan fingerprint density at radius 3 is 2.27 bits per heavy atom. The molecule has 0 aliphatic rings. The van der Waals surface area contributed by atoms with Crippen LogP contribution in [0.5, 0.6) is 0 Å². The van der Waals surface area contributed by atoms with Crippen molar-refractivity contribution < 1.29 is 4.39 Å². The molecule has 2 aromatic carbocycles. The first kappa shape index (κ1) is 19.8. The molecule has 0 fully saturated rings. The summed E-state index contributed by atoms with van der Waals surface area (Å²) in [4.78, 5) is 30.6. The van der Waals surface area contributed by atoms with E-state index in [0.29, 0.717) is 29.3 Å². The van der Waals surface area contributed by atoms with Crippen molar-refractivity contribution in [3.8, 4) is 5.69 Å². The largest absolute Gasteiger partial charge is 0.337 e.